The molecule has 0 aliphatic rings. The molecule has 0 bridgehead atoms. The van der Waals surface area contributed by atoms with Crippen LogP contribution in [0.5, 0.6) is 0 Å². The lowest BCUT2D eigenvalue weighted by Crippen LogP contribution is -2.42. The van der Waals surface area contributed by atoms with Gasteiger partial charge in [0.05, 0.1) is 0 Å². The summed E-state index contributed by atoms with van der Waals surface area (Å²) in [6, 6.07) is 0. The average Bonchev–Trinajstić information content (AvgIpc) is 2.50. The van der Waals surface area contributed by atoms with Gasteiger partial charge in [0.2, 0.25) is 0 Å². The largest absolute Gasteiger partial charge is 0.388 e. The van der Waals surface area contributed by atoms with Crippen molar-refractivity contribution >= 4 is 0 Å². The van der Waals surface area contributed by atoms with Crippen molar-refractivity contribution in [1.82, 2.24) is 19.7 Å². The van der Waals surface area contributed by atoms with Gasteiger partial charge >= 0.3 is 0 Å². The van der Waals surface area contributed by atoms with Gasteiger partial charge in [0.15, 0.2) is 5.82 Å². The molecule has 1 rings (SSSR count). The van der Waals surface area contributed by atoms with Crippen LogP contribution in [0.25, 0.3) is 0 Å². The van der Waals surface area contributed by atoms with Gasteiger partial charge in [-0.1, -0.05) is 0 Å². The zero-order valence-corrected chi connectivity index (χ0v) is 9.23. The second-order valence-electron chi connectivity index (χ2n) is 4.24. The number of likely N-dealkylation sites (N-methyl/N-ethyl adjacent to an activating group) is 1. The Labute approximate surface area is 84.4 Å². The normalized spacial score (nSPS) is 12.4. The van der Waals surface area contributed by atoms with Gasteiger partial charge in [-0.05, 0) is 27.9 Å². The molecule has 14 heavy (non-hydrogen) atoms. The van der Waals surface area contributed by atoms with E-state index in [0.717, 1.165) is 6.54 Å². The van der Waals surface area contributed by atoms with Crippen molar-refractivity contribution in [2.45, 2.75) is 32.5 Å². The maximum absolute atomic E-state index is 9.01. The Kier molecular flexibility index (Phi) is 3.23. The van der Waals surface area contributed by atoms with Crippen LogP contribution < -0.4 is 0 Å². The summed E-state index contributed by atoms with van der Waals surface area (Å²) in [6.07, 6.45) is 1.65. The van der Waals surface area contributed by atoms with E-state index in [4.69, 9.17) is 5.11 Å². The van der Waals surface area contributed by atoms with Crippen molar-refractivity contribution in [2.75, 3.05) is 14.1 Å². The molecular weight excluding hydrogens is 180 g/mol. The highest BCUT2D eigenvalue weighted by Gasteiger charge is 2.22. The lowest BCUT2D eigenvalue weighted by Gasteiger charge is -2.32. The topological polar surface area (TPSA) is 54.2 Å². The minimum absolute atomic E-state index is 0.0201. The average molecular weight is 198 g/mol. The Morgan fingerprint density at radius 2 is 2.14 bits per heavy atom. The number of hydrogen-bond donors (Lipinski definition) is 1. The molecule has 0 aliphatic carbocycles. The SMILES string of the molecule is CN(C)C(C)(C)Cn1cnnc1CO. The van der Waals surface area contributed by atoms with E-state index in [-0.39, 0.29) is 12.1 Å². The standard InChI is InChI=1S/C9H18N4O/c1-9(2,12(3)4)6-13-7-10-11-8(13)5-14/h7,14H,5-6H2,1-4H3. The van der Waals surface area contributed by atoms with Crippen molar-refractivity contribution in [2.24, 2.45) is 0 Å². The first-order valence-corrected chi connectivity index (χ1v) is 4.62. The molecule has 0 fully saturated rings. The van der Waals surface area contributed by atoms with Crippen LogP contribution in [0.2, 0.25) is 0 Å². The summed E-state index contributed by atoms with van der Waals surface area (Å²) < 4.78 is 1.88. The van der Waals surface area contributed by atoms with Crippen LogP contribution in [0.4, 0.5) is 0 Å². The van der Waals surface area contributed by atoms with Crippen molar-refractivity contribution in [1.29, 1.82) is 0 Å². The fourth-order valence-corrected chi connectivity index (χ4v) is 1.09. The minimum atomic E-state index is -0.0660. The Hall–Kier alpha value is -0.940. The molecule has 5 nitrogen and oxygen atoms in total. The molecule has 0 saturated carbocycles. The van der Waals surface area contributed by atoms with Crippen LogP contribution in [0, 0.1) is 0 Å². The van der Waals surface area contributed by atoms with Gasteiger partial charge in [0.25, 0.3) is 0 Å². The van der Waals surface area contributed by atoms with Crippen LogP contribution in [0.1, 0.15) is 19.7 Å². The molecule has 0 amide bonds. The first kappa shape index (κ1) is 11.1. The quantitative estimate of drug-likeness (QED) is 0.746. The van der Waals surface area contributed by atoms with E-state index in [9.17, 15) is 0 Å². The molecule has 1 N–H and O–H groups in total. The number of rotatable bonds is 4. The Bertz CT molecular complexity index is 293. The molecule has 0 aliphatic heterocycles. The Balaban J connectivity index is 2.78. The number of nitrogens with zero attached hydrogens (tertiary/aromatic N) is 4. The molecule has 0 unspecified atom stereocenters. The predicted octanol–water partition coefficient (Wildman–Crippen LogP) is 0.111. The van der Waals surface area contributed by atoms with Crippen molar-refractivity contribution in [3.8, 4) is 0 Å². The number of aromatic nitrogens is 3. The summed E-state index contributed by atoms with van der Waals surface area (Å²) >= 11 is 0. The van der Waals surface area contributed by atoms with Crippen LogP contribution in [-0.2, 0) is 13.2 Å². The van der Waals surface area contributed by atoms with Gasteiger partial charge in [0.1, 0.15) is 12.9 Å². The fourth-order valence-electron chi connectivity index (χ4n) is 1.09. The van der Waals surface area contributed by atoms with E-state index < -0.39 is 0 Å². The third-order valence-electron chi connectivity index (χ3n) is 2.61. The van der Waals surface area contributed by atoms with Gasteiger partial charge in [0, 0.05) is 12.1 Å². The maximum Gasteiger partial charge on any atom is 0.158 e. The molecular formula is C9H18N4O. The van der Waals surface area contributed by atoms with Crippen molar-refractivity contribution < 1.29 is 5.11 Å². The van der Waals surface area contributed by atoms with Crippen molar-refractivity contribution in [3.05, 3.63) is 12.2 Å². The Morgan fingerprint density at radius 3 is 2.64 bits per heavy atom. The van der Waals surface area contributed by atoms with Gasteiger partial charge < -0.3 is 14.6 Å². The van der Waals surface area contributed by atoms with E-state index in [1.165, 1.54) is 0 Å². The predicted molar refractivity (Wildman–Crippen MR) is 53.7 cm³/mol. The molecule has 1 heterocycles. The summed E-state index contributed by atoms with van der Waals surface area (Å²) in [7, 11) is 4.06. The van der Waals surface area contributed by atoms with Gasteiger partial charge in [-0.3, -0.25) is 0 Å². The third-order valence-corrected chi connectivity index (χ3v) is 2.61. The van der Waals surface area contributed by atoms with Gasteiger partial charge in [-0.15, -0.1) is 10.2 Å². The van der Waals surface area contributed by atoms with Gasteiger partial charge in [-0.2, -0.15) is 0 Å². The minimum Gasteiger partial charge on any atom is -0.388 e. The lowest BCUT2D eigenvalue weighted by molar-refractivity contribution is 0.163. The van der Waals surface area contributed by atoms with Crippen LogP contribution in [0.15, 0.2) is 6.33 Å². The van der Waals surface area contributed by atoms with E-state index in [2.05, 4.69) is 28.9 Å². The second-order valence-corrected chi connectivity index (χ2v) is 4.24. The van der Waals surface area contributed by atoms with E-state index in [0.29, 0.717) is 5.82 Å². The molecule has 0 spiro atoms. The molecule has 1 aromatic rings. The van der Waals surface area contributed by atoms with Gasteiger partial charge in [-0.25, -0.2) is 0 Å². The third kappa shape index (κ3) is 2.30. The maximum atomic E-state index is 9.01. The second kappa shape index (κ2) is 4.06. The smallest absolute Gasteiger partial charge is 0.158 e. The number of aliphatic hydroxyl groups excluding tert-OH is 1. The Morgan fingerprint density at radius 1 is 1.50 bits per heavy atom. The van der Waals surface area contributed by atoms with Crippen LogP contribution >= 0.6 is 0 Å². The molecule has 0 saturated heterocycles. The zero-order valence-electron chi connectivity index (χ0n) is 9.23. The first-order chi connectivity index (χ1) is 6.47. The molecule has 0 radical (unpaired) electrons. The molecule has 5 heteroatoms. The monoisotopic (exact) mass is 198 g/mol. The fraction of sp³-hybridized carbons (Fsp3) is 0.778. The summed E-state index contributed by atoms with van der Waals surface area (Å²) in [6.45, 7) is 4.97. The van der Waals surface area contributed by atoms with E-state index in [1.54, 1.807) is 6.33 Å². The van der Waals surface area contributed by atoms with E-state index >= 15 is 0 Å². The van der Waals surface area contributed by atoms with Crippen LogP contribution in [0.3, 0.4) is 0 Å². The molecule has 0 aromatic carbocycles. The summed E-state index contributed by atoms with van der Waals surface area (Å²) in [5.74, 6) is 0.611. The number of hydrogen-bond acceptors (Lipinski definition) is 4. The van der Waals surface area contributed by atoms with Crippen molar-refractivity contribution in [3.63, 3.8) is 0 Å². The summed E-state index contributed by atoms with van der Waals surface area (Å²) in [5.41, 5.74) is 0.0201. The summed E-state index contributed by atoms with van der Waals surface area (Å²) in [5, 5.41) is 16.6. The summed E-state index contributed by atoms with van der Waals surface area (Å²) in [4.78, 5) is 2.13. The van der Waals surface area contributed by atoms with Crippen LogP contribution in [-0.4, -0.2) is 44.4 Å². The van der Waals surface area contributed by atoms with E-state index in [1.807, 2.05) is 18.7 Å². The first-order valence-electron chi connectivity index (χ1n) is 4.62. The molecule has 1 aromatic heterocycles. The highest BCUT2D eigenvalue weighted by Crippen LogP contribution is 2.13. The highest BCUT2D eigenvalue weighted by molar-refractivity contribution is 4.87. The highest BCUT2D eigenvalue weighted by atomic mass is 16.3. The molecule has 80 valence electrons. The number of aliphatic hydroxyl groups is 1. The lowest BCUT2D eigenvalue weighted by atomic mass is 10.0. The zero-order chi connectivity index (χ0) is 10.8. The molecule has 0 atom stereocenters.